The summed E-state index contributed by atoms with van der Waals surface area (Å²) in [6, 6.07) is 11.4. The predicted octanol–water partition coefficient (Wildman–Crippen LogP) is 2.56. The molecule has 10 nitrogen and oxygen atoms in total. The van der Waals surface area contributed by atoms with E-state index in [2.05, 4.69) is 10.4 Å². The van der Waals surface area contributed by atoms with E-state index in [1.807, 2.05) is 30.3 Å². The summed E-state index contributed by atoms with van der Waals surface area (Å²) in [5, 5.41) is 6.45. The van der Waals surface area contributed by atoms with Crippen LogP contribution in [0, 0.1) is 0 Å². The van der Waals surface area contributed by atoms with Crippen LogP contribution in [0.5, 0.6) is 17.2 Å². The highest BCUT2D eigenvalue weighted by atomic mass is 16.5. The van der Waals surface area contributed by atoms with E-state index < -0.39 is 17.8 Å². The molecule has 3 aromatic rings. The number of rotatable bonds is 6. The van der Waals surface area contributed by atoms with E-state index >= 15 is 0 Å². The van der Waals surface area contributed by atoms with E-state index in [0.717, 1.165) is 10.6 Å². The number of hydrogen-bond acceptors (Lipinski definition) is 7. The maximum absolute atomic E-state index is 13.2. The fourth-order valence-electron chi connectivity index (χ4n) is 3.39. The molecule has 0 radical (unpaired) electrons. The SMILES string of the molecule is COc1cc(N2C(=O)NC(=O)/C(=C\c3cnn(-c4ccccc4)c3)C2=O)cc(OC)c1OC. The van der Waals surface area contributed by atoms with Gasteiger partial charge in [0.1, 0.15) is 5.57 Å². The highest BCUT2D eigenvalue weighted by Crippen LogP contribution is 2.41. The van der Waals surface area contributed by atoms with Crippen LogP contribution in [0.15, 0.2) is 60.4 Å². The minimum Gasteiger partial charge on any atom is -0.493 e. The third kappa shape index (κ3) is 4.01. The summed E-state index contributed by atoms with van der Waals surface area (Å²) in [6.07, 6.45) is 4.56. The molecular weight excluding hydrogens is 428 g/mol. The van der Waals surface area contributed by atoms with Crippen molar-refractivity contribution in [1.29, 1.82) is 0 Å². The Kier molecular flexibility index (Phi) is 5.81. The summed E-state index contributed by atoms with van der Waals surface area (Å²) in [6.45, 7) is 0. The Morgan fingerprint density at radius 3 is 2.18 bits per heavy atom. The first kappa shape index (κ1) is 21.6. The van der Waals surface area contributed by atoms with E-state index in [-0.39, 0.29) is 22.8 Å². The highest BCUT2D eigenvalue weighted by molar-refractivity contribution is 6.39. The zero-order chi connectivity index (χ0) is 23.5. The Balaban J connectivity index is 1.72. The largest absolute Gasteiger partial charge is 0.493 e. The maximum atomic E-state index is 13.2. The van der Waals surface area contributed by atoms with Gasteiger partial charge in [-0.3, -0.25) is 14.9 Å². The molecule has 1 aromatic heterocycles. The van der Waals surface area contributed by atoms with Crippen molar-refractivity contribution in [3.05, 3.63) is 66.0 Å². The van der Waals surface area contributed by atoms with Crippen LogP contribution in [-0.4, -0.2) is 49.0 Å². The van der Waals surface area contributed by atoms with Crippen molar-refractivity contribution in [2.45, 2.75) is 0 Å². The number of para-hydroxylation sites is 1. The summed E-state index contributed by atoms with van der Waals surface area (Å²) in [4.78, 5) is 39.1. The molecule has 1 N–H and O–H groups in total. The van der Waals surface area contributed by atoms with Gasteiger partial charge in [-0.25, -0.2) is 14.4 Å². The van der Waals surface area contributed by atoms with Gasteiger partial charge in [0.05, 0.1) is 38.9 Å². The lowest BCUT2D eigenvalue weighted by Crippen LogP contribution is -2.54. The van der Waals surface area contributed by atoms with Crippen molar-refractivity contribution in [2.75, 3.05) is 26.2 Å². The second kappa shape index (κ2) is 8.87. The van der Waals surface area contributed by atoms with Crippen molar-refractivity contribution < 1.29 is 28.6 Å². The molecule has 168 valence electrons. The van der Waals surface area contributed by atoms with Gasteiger partial charge in [0.2, 0.25) is 5.75 Å². The van der Waals surface area contributed by atoms with Crippen LogP contribution in [0.2, 0.25) is 0 Å². The second-order valence-electron chi connectivity index (χ2n) is 6.90. The molecule has 4 rings (SSSR count). The first-order chi connectivity index (χ1) is 16.0. The van der Waals surface area contributed by atoms with Gasteiger partial charge in [-0.05, 0) is 18.2 Å². The molecule has 0 aliphatic carbocycles. The fraction of sp³-hybridized carbons (Fsp3) is 0.130. The lowest BCUT2D eigenvalue weighted by Gasteiger charge is -2.27. The third-order valence-corrected chi connectivity index (χ3v) is 4.94. The predicted molar refractivity (Wildman–Crippen MR) is 119 cm³/mol. The summed E-state index contributed by atoms with van der Waals surface area (Å²) >= 11 is 0. The van der Waals surface area contributed by atoms with Crippen molar-refractivity contribution in [1.82, 2.24) is 15.1 Å². The quantitative estimate of drug-likeness (QED) is 0.456. The van der Waals surface area contributed by atoms with E-state index in [4.69, 9.17) is 14.2 Å². The van der Waals surface area contributed by atoms with E-state index in [0.29, 0.717) is 11.3 Å². The van der Waals surface area contributed by atoms with Crippen LogP contribution in [0.3, 0.4) is 0 Å². The van der Waals surface area contributed by atoms with Crippen LogP contribution >= 0.6 is 0 Å². The lowest BCUT2D eigenvalue weighted by molar-refractivity contribution is -0.122. The Morgan fingerprint density at radius 1 is 0.909 bits per heavy atom. The van der Waals surface area contributed by atoms with Gasteiger partial charge in [0.25, 0.3) is 11.8 Å². The van der Waals surface area contributed by atoms with Crippen molar-refractivity contribution >= 4 is 29.6 Å². The second-order valence-corrected chi connectivity index (χ2v) is 6.90. The summed E-state index contributed by atoms with van der Waals surface area (Å²) in [5.41, 5.74) is 1.24. The van der Waals surface area contributed by atoms with E-state index in [1.165, 1.54) is 45.7 Å². The Hall–Kier alpha value is -4.60. The number of ether oxygens (including phenoxy) is 3. The number of amides is 4. The van der Waals surface area contributed by atoms with Crippen LogP contribution in [0.25, 0.3) is 11.8 Å². The number of benzene rings is 2. The average Bonchev–Trinajstić information content (AvgIpc) is 3.30. The van der Waals surface area contributed by atoms with Gasteiger partial charge in [-0.1, -0.05) is 18.2 Å². The number of carbonyl (C=O) groups is 3. The first-order valence-electron chi connectivity index (χ1n) is 9.78. The Bertz CT molecular complexity index is 1240. The molecular formula is C23H20N4O6. The number of nitrogens with one attached hydrogen (secondary N) is 1. The van der Waals surface area contributed by atoms with E-state index in [9.17, 15) is 14.4 Å². The number of methoxy groups -OCH3 is 3. The van der Waals surface area contributed by atoms with Crippen molar-refractivity contribution in [3.8, 4) is 22.9 Å². The van der Waals surface area contributed by atoms with Crippen molar-refractivity contribution in [3.63, 3.8) is 0 Å². The smallest absolute Gasteiger partial charge is 0.335 e. The van der Waals surface area contributed by atoms with Gasteiger partial charge < -0.3 is 14.2 Å². The fourth-order valence-corrected chi connectivity index (χ4v) is 3.39. The first-order valence-corrected chi connectivity index (χ1v) is 9.78. The minimum atomic E-state index is -0.892. The average molecular weight is 448 g/mol. The van der Waals surface area contributed by atoms with Crippen LogP contribution in [0.4, 0.5) is 10.5 Å². The molecule has 1 aliphatic rings. The molecule has 0 bridgehead atoms. The number of imide groups is 2. The molecule has 0 atom stereocenters. The van der Waals surface area contributed by atoms with Crippen LogP contribution < -0.4 is 24.4 Å². The van der Waals surface area contributed by atoms with Crippen molar-refractivity contribution in [2.24, 2.45) is 0 Å². The third-order valence-electron chi connectivity index (χ3n) is 4.94. The molecule has 1 fully saturated rings. The molecule has 0 saturated carbocycles. The molecule has 1 saturated heterocycles. The molecule has 2 heterocycles. The summed E-state index contributed by atoms with van der Waals surface area (Å²) in [7, 11) is 4.27. The van der Waals surface area contributed by atoms with Crippen LogP contribution in [0.1, 0.15) is 5.56 Å². The molecule has 2 aromatic carbocycles. The molecule has 0 spiro atoms. The Labute approximate surface area is 189 Å². The van der Waals surface area contributed by atoms with Gasteiger partial charge in [-0.15, -0.1) is 0 Å². The monoisotopic (exact) mass is 448 g/mol. The standard InChI is InChI=1S/C23H20N4O6/c1-31-18-10-16(11-19(32-2)20(18)33-3)27-22(29)17(21(28)25-23(27)30)9-14-12-24-26(13-14)15-7-5-4-6-8-15/h4-13H,1-3H3,(H,25,28,30)/b17-9+. The summed E-state index contributed by atoms with van der Waals surface area (Å²) < 4.78 is 17.5. The molecule has 4 amide bonds. The number of barbiturate groups is 1. The number of carbonyl (C=O) groups excluding carboxylic acids is 3. The number of nitrogens with zero attached hydrogens (tertiary/aromatic N) is 3. The topological polar surface area (TPSA) is 112 Å². The number of anilines is 1. The van der Waals surface area contributed by atoms with Gasteiger partial charge in [0.15, 0.2) is 11.5 Å². The highest BCUT2D eigenvalue weighted by Gasteiger charge is 2.37. The maximum Gasteiger partial charge on any atom is 0.335 e. The normalized spacial score (nSPS) is 14.9. The molecule has 0 unspecified atom stereocenters. The number of aromatic nitrogens is 2. The molecule has 33 heavy (non-hydrogen) atoms. The van der Waals surface area contributed by atoms with Crippen LogP contribution in [-0.2, 0) is 9.59 Å². The zero-order valence-electron chi connectivity index (χ0n) is 18.1. The number of hydrogen-bond donors (Lipinski definition) is 1. The van der Waals surface area contributed by atoms with Gasteiger partial charge in [-0.2, -0.15) is 5.10 Å². The lowest BCUT2D eigenvalue weighted by atomic mass is 10.1. The molecule has 1 aliphatic heterocycles. The minimum absolute atomic E-state index is 0.144. The Morgan fingerprint density at radius 2 is 1.58 bits per heavy atom. The zero-order valence-corrected chi connectivity index (χ0v) is 18.1. The van der Waals surface area contributed by atoms with E-state index in [1.54, 1.807) is 10.9 Å². The van der Waals surface area contributed by atoms with Gasteiger partial charge >= 0.3 is 6.03 Å². The molecule has 10 heteroatoms. The van der Waals surface area contributed by atoms with Gasteiger partial charge in [0, 0.05) is 23.9 Å². The summed E-state index contributed by atoms with van der Waals surface area (Å²) in [5.74, 6) is -0.807. The number of urea groups is 1.